The largest absolute Gasteiger partial charge is 1.00 e. The normalized spacial score (nSPS) is 7.75. The molecule has 0 amide bonds. The molecular weight excluding hydrogens is 189 g/mol. The third-order valence-corrected chi connectivity index (χ3v) is 1.12. The second kappa shape index (κ2) is 5.82. The second-order valence-electron chi connectivity index (χ2n) is 2.38. The standard InChI is InChI=1S/C5H9Si.ClH.Zn/c1-5-6(2,3)4;;/h2-4H3;1H;/p-1. The Morgan fingerprint density at radius 1 is 1.25 bits per heavy atom. The first-order chi connectivity index (χ1) is 2.56. The van der Waals surface area contributed by atoms with Gasteiger partial charge in [0.2, 0.25) is 0 Å². The molecule has 0 aromatic carbocycles. The Hall–Kier alpha value is 0.690. The SMILES string of the molecule is [C]#C[Si](C)(C)C.[Cl-].[Zn]. The summed E-state index contributed by atoms with van der Waals surface area (Å²) in [5.41, 5.74) is 2.49. The van der Waals surface area contributed by atoms with Crippen LogP contribution in [0.1, 0.15) is 0 Å². The van der Waals surface area contributed by atoms with E-state index in [-0.39, 0.29) is 31.9 Å². The van der Waals surface area contributed by atoms with Gasteiger partial charge < -0.3 is 12.4 Å². The van der Waals surface area contributed by atoms with Crippen LogP contribution in [0.15, 0.2) is 0 Å². The van der Waals surface area contributed by atoms with Crippen LogP contribution in [-0.2, 0) is 19.5 Å². The summed E-state index contributed by atoms with van der Waals surface area (Å²) >= 11 is 0. The summed E-state index contributed by atoms with van der Waals surface area (Å²) in [5.74, 6) is 0. The van der Waals surface area contributed by atoms with E-state index in [0.717, 1.165) is 0 Å². The van der Waals surface area contributed by atoms with Gasteiger partial charge in [0.25, 0.3) is 0 Å². The molecule has 0 aliphatic rings. The summed E-state index contributed by atoms with van der Waals surface area (Å²) in [5, 5.41) is 0. The average Bonchev–Trinajstić information content (AvgIpc) is 1.35. The third kappa shape index (κ3) is 15.9. The van der Waals surface area contributed by atoms with E-state index in [1.165, 1.54) is 0 Å². The van der Waals surface area contributed by atoms with Crippen molar-refractivity contribution in [3.8, 4) is 5.54 Å². The molecule has 1 radical (unpaired) electrons. The number of rotatable bonds is 0. The van der Waals surface area contributed by atoms with Gasteiger partial charge in [-0.2, -0.15) is 0 Å². The molecule has 0 aromatic rings. The molecule has 0 aliphatic heterocycles. The van der Waals surface area contributed by atoms with Crippen molar-refractivity contribution in [2.24, 2.45) is 0 Å². The Bertz CT molecular complexity index is 79.4. The van der Waals surface area contributed by atoms with Crippen molar-refractivity contribution >= 4 is 8.07 Å². The fraction of sp³-hybridized carbons (Fsp3) is 0.600. The zero-order valence-electron chi connectivity index (χ0n) is 5.59. The van der Waals surface area contributed by atoms with Crippen LogP contribution in [0.4, 0.5) is 0 Å². The molecular formula is C5H9ClSiZn-. The Labute approximate surface area is 71.6 Å². The Morgan fingerprint density at radius 2 is 1.38 bits per heavy atom. The molecule has 0 fully saturated rings. The van der Waals surface area contributed by atoms with Crippen molar-refractivity contribution in [2.45, 2.75) is 19.6 Å². The van der Waals surface area contributed by atoms with Crippen molar-refractivity contribution < 1.29 is 31.9 Å². The van der Waals surface area contributed by atoms with E-state index in [0.29, 0.717) is 0 Å². The van der Waals surface area contributed by atoms with Gasteiger partial charge in [-0.05, 0) is 6.42 Å². The van der Waals surface area contributed by atoms with Crippen LogP contribution in [0, 0.1) is 12.0 Å². The quantitative estimate of drug-likeness (QED) is 0.326. The molecule has 0 nitrogen and oxygen atoms in total. The molecule has 0 N–H and O–H groups in total. The van der Waals surface area contributed by atoms with E-state index >= 15 is 0 Å². The van der Waals surface area contributed by atoms with Gasteiger partial charge in [0.15, 0.2) is 0 Å². The minimum Gasteiger partial charge on any atom is -1.00 e. The van der Waals surface area contributed by atoms with E-state index in [1.54, 1.807) is 0 Å². The molecule has 0 heterocycles. The molecule has 0 saturated heterocycles. The topological polar surface area (TPSA) is 0 Å². The zero-order chi connectivity index (χ0) is 5.21. The minimum absolute atomic E-state index is 0. The number of hydrogen-bond donors (Lipinski definition) is 0. The van der Waals surface area contributed by atoms with E-state index < -0.39 is 8.07 Å². The zero-order valence-corrected chi connectivity index (χ0v) is 10.3. The molecule has 0 aromatic heterocycles. The summed E-state index contributed by atoms with van der Waals surface area (Å²) < 4.78 is 0. The molecule has 0 atom stereocenters. The first-order valence-electron chi connectivity index (χ1n) is 2.00. The minimum atomic E-state index is -1.21. The second-order valence-corrected chi connectivity index (χ2v) is 7.12. The molecule has 43 valence electrons. The van der Waals surface area contributed by atoms with Crippen molar-refractivity contribution in [1.29, 1.82) is 0 Å². The molecule has 0 bridgehead atoms. The Kier molecular flexibility index (Phi) is 11.5. The van der Waals surface area contributed by atoms with Gasteiger partial charge in [0, 0.05) is 19.5 Å². The molecule has 0 spiro atoms. The molecule has 0 rings (SSSR count). The maximum atomic E-state index is 6.67. The van der Waals surface area contributed by atoms with Crippen molar-refractivity contribution in [1.82, 2.24) is 0 Å². The van der Waals surface area contributed by atoms with Crippen molar-refractivity contribution in [2.75, 3.05) is 0 Å². The maximum Gasteiger partial charge on any atom is 0.130 e. The Morgan fingerprint density at radius 3 is 1.38 bits per heavy atom. The fourth-order valence-electron chi connectivity index (χ4n) is 0. The number of hydrogen-bond acceptors (Lipinski definition) is 0. The smallest absolute Gasteiger partial charge is 0.130 e. The molecule has 0 saturated carbocycles. The predicted molar refractivity (Wildman–Crippen MR) is 30.5 cm³/mol. The molecule has 0 unspecified atom stereocenters. The van der Waals surface area contributed by atoms with Gasteiger partial charge in [0.05, 0.1) is 0 Å². The average molecular weight is 198 g/mol. The summed E-state index contributed by atoms with van der Waals surface area (Å²) in [6, 6.07) is 0. The van der Waals surface area contributed by atoms with Crippen LogP contribution < -0.4 is 12.4 Å². The molecule has 0 aliphatic carbocycles. The van der Waals surface area contributed by atoms with Gasteiger partial charge in [0.1, 0.15) is 8.07 Å². The summed E-state index contributed by atoms with van der Waals surface area (Å²) in [6.45, 7) is 6.25. The van der Waals surface area contributed by atoms with Crippen LogP contribution in [0.2, 0.25) is 19.6 Å². The first-order valence-corrected chi connectivity index (χ1v) is 5.50. The van der Waals surface area contributed by atoms with Gasteiger partial charge in [-0.1, -0.05) is 19.6 Å². The van der Waals surface area contributed by atoms with E-state index in [2.05, 4.69) is 25.2 Å². The molecule has 8 heavy (non-hydrogen) atoms. The van der Waals surface area contributed by atoms with Gasteiger partial charge in [-0.25, -0.2) is 0 Å². The maximum absolute atomic E-state index is 6.67. The Balaban J connectivity index is -0.000000125. The fourth-order valence-corrected chi connectivity index (χ4v) is 0. The number of halogens is 1. The summed E-state index contributed by atoms with van der Waals surface area (Å²) in [4.78, 5) is 0. The van der Waals surface area contributed by atoms with Crippen LogP contribution >= 0.6 is 0 Å². The summed E-state index contributed by atoms with van der Waals surface area (Å²) in [7, 11) is -1.21. The predicted octanol–water partition coefficient (Wildman–Crippen LogP) is -1.54. The van der Waals surface area contributed by atoms with Crippen LogP contribution in [-0.4, -0.2) is 8.07 Å². The van der Waals surface area contributed by atoms with Gasteiger partial charge in [-0.15, -0.1) is 5.54 Å². The van der Waals surface area contributed by atoms with Crippen molar-refractivity contribution in [3.05, 3.63) is 6.42 Å². The van der Waals surface area contributed by atoms with Crippen LogP contribution in [0.3, 0.4) is 0 Å². The van der Waals surface area contributed by atoms with E-state index in [1.807, 2.05) is 0 Å². The van der Waals surface area contributed by atoms with Gasteiger partial charge in [-0.3, -0.25) is 0 Å². The summed E-state index contributed by atoms with van der Waals surface area (Å²) in [6.07, 6.45) is 6.67. The van der Waals surface area contributed by atoms with E-state index in [9.17, 15) is 0 Å². The third-order valence-electron chi connectivity index (χ3n) is 0.375. The van der Waals surface area contributed by atoms with Crippen molar-refractivity contribution in [3.63, 3.8) is 0 Å². The van der Waals surface area contributed by atoms with Crippen LogP contribution in [0.5, 0.6) is 0 Å². The van der Waals surface area contributed by atoms with Gasteiger partial charge >= 0.3 is 0 Å². The monoisotopic (exact) mass is 196 g/mol. The van der Waals surface area contributed by atoms with E-state index in [4.69, 9.17) is 6.42 Å². The molecule has 3 heteroatoms. The first kappa shape index (κ1) is 15.9. The van der Waals surface area contributed by atoms with Crippen LogP contribution in [0.25, 0.3) is 0 Å².